The van der Waals surface area contributed by atoms with Crippen LogP contribution in [0, 0.1) is 11.7 Å². The van der Waals surface area contributed by atoms with Crippen LogP contribution in [0.3, 0.4) is 0 Å². The van der Waals surface area contributed by atoms with Gasteiger partial charge < -0.3 is 9.64 Å². The van der Waals surface area contributed by atoms with Crippen LogP contribution >= 0.6 is 0 Å². The quantitative estimate of drug-likeness (QED) is 0.736. The number of hydrogen-bond donors (Lipinski definition) is 0. The zero-order chi connectivity index (χ0) is 19.4. The van der Waals surface area contributed by atoms with Crippen molar-refractivity contribution in [1.29, 1.82) is 0 Å². The summed E-state index contributed by atoms with van der Waals surface area (Å²) in [4.78, 5) is 27.0. The second kappa shape index (κ2) is 8.33. The van der Waals surface area contributed by atoms with E-state index in [1.807, 2.05) is 13.8 Å². The molecular weight excluding hydrogens is 345 g/mol. The van der Waals surface area contributed by atoms with Crippen molar-refractivity contribution >= 4 is 11.7 Å². The number of amides is 1. The van der Waals surface area contributed by atoms with E-state index in [-0.39, 0.29) is 29.5 Å². The van der Waals surface area contributed by atoms with E-state index in [0.717, 1.165) is 5.75 Å². The Hall–Kier alpha value is -2.69. The number of rotatable bonds is 5. The first kappa shape index (κ1) is 19.1. The van der Waals surface area contributed by atoms with Crippen LogP contribution in [0.5, 0.6) is 5.75 Å². The maximum absolute atomic E-state index is 13.0. The average Bonchev–Trinajstić information content (AvgIpc) is 2.68. The maximum Gasteiger partial charge on any atom is 0.253 e. The number of Topliss-reactive ketones (excluding diaryl/α,β-unsaturated/α-hetero) is 1. The zero-order valence-corrected chi connectivity index (χ0v) is 15.7. The van der Waals surface area contributed by atoms with Gasteiger partial charge in [0.25, 0.3) is 5.91 Å². The molecule has 1 fully saturated rings. The van der Waals surface area contributed by atoms with Gasteiger partial charge >= 0.3 is 0 Å². The molecule has 4 nitrogen and oxygen atoms in total. The molecule has 0 atom stereocenters. The molecule has 0 aromatic heterocycles. The Morgan fingerprint density at radius 2 is 1.52 bits per heavy atom. The largest absolute Gasteiger partial charge is 0.491 e. The molecule has 0 unspecified atom stereocenters. The first-order valence-electron chi connectivity index (χ1n) is 9.30. The Kier molecular flexibility index (Phi) is 5.89. The number of piperidine rings is 1. The molecule has 0 aliphatic carbocycles. The van der Waals surface area contributed by atoms with Crippen molar-refractivity contribution in [2.24, 2.45) is 5.92 Å². The minimum absolute atomic E-state index is 0.0253. The molecule has 0 spiro atoms. The number of ketones is 1. The van der Waals surface area contributed by atoms with Crippen molar-refractivity contribution in [2.75, 3.05) is 13.1 Å². The highest BCUT2D eigenvalue weighted by molar-refractivity contribution is 5.98. The topological polar surface area (TPSA) is 46.6 Å². The summed E-state index contributed by atoms with van der Waals surface area (Å²) in [7, 11) is 0. The van der Waals surface area contributed by atoms with Gasteiger partial charge in [0.1, 0.15) is 11.6 Å². The molecule has 5 heteroatoms. The predicted molar refractivity (Wildman–Crippen MR) is 102 cm³/mol. The fourth-order valence-electron chi connectivity index (χ4n) is 3.33. The second-order valence-corrected chi connectivity index (χ2v) is 7.13. The van der Waals surface area contributed by atoms with Crippen LogP contribution in [0.25, 0.3) is 0 Å². The van der Waals surface area contributed by atoms with Crippen molar-refractivity contribution in [3.63, 3.8) is 0 Å². The van der Waals surface area contributed by atoms with Gasteiger partial charge in [-0.1, -0.05) is 0 Å². The van der Waals surface area contributed by atoms with Gasteiger partial charge in [-0.3, -0.25) is 9.59 Å². The summed E-state index contributed by atoms with van der Waals surface area (Å²) in [5.74, 6) is 0.263. The van der Waals surface area contributed by atoms with E-state index >= 15 is 0 Å². The second-order valence-electron chi connectivity index (χ2n) is 7.13. The minimum Gasteiger partial charge on any atom is -0.491 e. The summed E-state index contributed by atoms with van der Waals surface area (Å²) in [5, 5.41) is 0. The molecule has 27 heavy (non-hydrogen) atoms. The number of carbonyl (C=O) groups is 2. The van der Waals surface area contributed by atoms with Crippen molar-refractivity contribution in [2.45, 2.75) is 32.8 Å². The minimum atomic E-state index is -0.350. The Morgan fingerprint density at radius 3 is 2.07 bits per heavy atom. The van der Waals surface area contributed by atoms with Crippen LogP contribution in [0.4, 0.5) is 4.39 Å². The number of carbonyl (C=O) groups excluding carboxylic acids is 2. The monoisotopic (exact) mass is 369 g/mol. The van der Waals surface area contributed by atoms with Gasteiger partial charge in [-0.25, -0.2) is 4.39 Å². The Balaban J connectivity index is 1.57. The number of hydrogen-bond acceptors (Lipinski definition) is 3. The van der Waals surface area contributed by atoms with Crippen molar-refractivity contribution in [3.8, 4) is 5.75 Å². The number of ether oxygens (including phenoxy) is 1. The van der Waals surface area contributed by atoms with E-state index in [0.29, 0.717) is 37.1 Å². The van der Waals surface area contributed by atoms with Crippen molar-refractivity contribution < 1.29 is 18.7 Å². The van der Waals surface area contributed by atoms with Crippen LogP contribution in [0.15, 0.2) is 48.5 Å². The zero-order valence-electron chi connectivity index (χ0n) is 15.7. The van der Waals surface area contributed by atoms with Gasteiger partial charge in [0.15, 0.2) is 5.78 Å². The molecule has 142 valence electrons. The van der Waals surface area contributed by atoms with Crippen LogP contribution in [0.1, 0.15) is 47.4 Å². The molecular formula is C22H24FNO3. The Labute approximate surface area is 158 Å². The lowest BCUT2D eigenvalue weighted by Gasteiger charge is -2.31. The summed E-state index contributed by atoms with van der Waals surface area (Å²) >= 11 is 0. The molecule has 0 bridgehead atoms. The summed E-state index contributed by atoms with van der Waals surface area (Å²) in [6.45, 7) is 4.99. The smallest absolute Gasteiger partial charge is 0.253 e. The van der Waals surface area contributed by atoms with Crippen LogP contribution in [-0.2, 0) is 0 Å². The molecule has 1 saturated heterocycles. The molecule has 1 aliphatic rings. The molecule has 1 heterocycles. The summed E-state index contributed by atoms with van der Waals surface area (Å²) in [6, 6.07) is 12.8. The van der Waals surface area contributed by atoms with Crippen LogP contribution < -0.4 is 4.74 Å². The summed E-state index contributed by atoms with van der Waals surface area (Å²) in [6.07, 6.45) is 1.33. The summed E-state index contributed by atoms with van der Waals surface area (Å²) < 4.78 is 18.6. The molecule has 0 radical (unpaired) electrons. The van der Waals surface area contributed by atoms with E-state index in [1.165, 1.54) is 24.3 Å². The fraction of sp³-hybridized carbons (Fsp3) is 0.364. The van der Waals surface area contributed by atoms with Crippen LogP contribution in [0.2, 0.25) is 0 Å². The molecule has 0 saturated carbocycles. The molecule has 1 aliphatic heterocycles. The third-order valence-corrected chi connectivity index (χ3v) is 4.75. The summed E-state index contributed by atoms with van der Waals surface area (Å²) in [5.41, 5.74) is 1.15. The fourth-order valence-corrected chi connectivity index (χ4v) is 3.33. The number of likely N-dealkylation sites (tertiary alicyclic amines) is 1. The van der Waals surface area contributed by atoms with Gasteiger partial charge in [-0.05, 0) is 75.2 Å². The predicted octanol–water partition coefficient (Wildman–Crippen LogP) is 4.35. The highest BCUT2D eigenvalue weighted by Gasteiger charge is 2.28. The third kappa shape index (κ3) is 4.73. The van der Waals surface area contributed by atoms with Gasteiger partial charge in [-0.15, -0.1) is 0 Å². The van der Waals surface area contributed by atoms with E-state index in [1.54, 1.807) is 29.2 Å². The molecule has 3 rings (SSSR count). The first-order chi connectivity index (χ1) is 12.9. The van der Waals surface area contributed by atoms with E-state index < -0.39 is 0 Å². The van der Waals surface area contributed by atoms with Gasteiger partial charge in [0.2, 0.25) is 0 Å². The molecule has 0 N–H and O–H groups in total. The number of benzene rings is 2. The Morgan fingerprint density at radius 1 is 0.963 bits per heavy atom. The molecule has 2 aromatic carbocycles. The standard InChI is InChI=1S/C22H24FNO3/c1-15(2)27-20-9-5-18(6-10-20)22(26)24-13-11-17(12-14-24)21(25)16-3-7-19(23)8-4-16/h3-10,15,17H,11-14H2,1-2H3. The van der Waals surface area contributed by atoms with Gasteiger partial charge in [0.05, 0.1) is 6.10 Å². The van der Waals surface area contributed by atoms with Crippen LogP contribution in [-0.4, -0.2) is 35.8 Å². The first-order valence-corrected chi connectivity index (χ1v) is 9.30. The lowest BCUT2D eigenvalue weighted by atomic mass is 9.88. The molecule has 1 amide bonds. The van der Waals surface area contributed by atoms with E-state index in [9.17, 15) is 14.0 Å². The lowest BCUT2D eigenvalue weighted by Crippen LogP contribution is -2.40. The van der Waals surface area contributed by atoms with Crippen molar-refractivity contribution in [1.82, 2.24) is 4.90 Å². The van der Waals surface area contributed by atoms with Crippen molar-refractivity contribution in [3.05, 3.63) is 65.5 Å². The highest BCUT2D eigenvalue weighted by atomic mass is 19.1. The Bertz CT molecular complexity index is 791. The lowest BCUT2D eigenvalue weighted by molar-refractivity contribution is 0.0650. The maximum atomic E-state index is 13.0. The van der Waals surface area contributed by atoms with E-state index in [4.69, 9.17) is 4.74 Å². The van der Waals surface area contributed by atoms with E-state index in [2.05, 4.69) is 0 Å². The molecule has 2 aromatic rings. The third-order valence-electron chi connectivity index (χ3n) is 4.75. The van der Waals surface area contributed by atoms with Gasteiger partial charge in [0, 0.05) is 30.1 Å². The SMILES string of the molecule is CC(C)Oc1ccc(C(=O)N2CCC(C(=O)c3ccc(F)cc3)CC2)cc1. The number of nitrogens with zero attached hydrogens (tertiary/aromatic N) is 1. The number of halogens is 1. The van der Waals surface area contributed by atoms with Gasteiger partial charge in [-0.2, -0.15) is 0 Å². The normalized spacial score (nSPS) is 15.0. The highest BCUT2D eigenvalue weighted by Crippen LogP contribution is 2.24. The average molecular weight is 369 g/mol.